The number of ether oxygens (including phenoxy) is 2. The van der Waals surface area contributed by atoms with Crippen molar-refractivity contribution in [2.45, 2.75) is 56.6 Å². The number of rotatable bonds is 6. The van der Waals surface area contributed by atoms with E-state index in [1.54, 1.807) is 19.1 Å². The fraction of sp³-hybridized carbons (Fsp3) is 0.480. The summed E-state index contributed by atoms with van der Waals surface area (Å²) in [5.41, 5.74) is 1.54. The number of morpholine rings is 1. The molecule has 2 aliphatic heterocycles. The van der Waals surface area contributed by atoms with Gasteiger partial charge in [0.25, 0.3) is 5.91 Å². The summed E-state index contributed by atoms with van der Waals surface area (Å²) in [4.78, 5) is 13.5. The number of hydrogen-bond donors (Lipinski definition) is 1. The molecule has 1 N–H and O–H groups in total. The van der Waals surface area contributed by atoms with Crippen molar-refractivity contribution in [3.63, 3.8) is 0 Å². The lowest BCUT2D eigenvalue weighted by Gasteiger charge is -2.41. The number of nitrogens with zero attached hydrogens (tertiary/aromatic N) is 1. The number of sulfonamides is 1. The molecule has 0 saturated carbocycles. The summed E-state index contributed by atoms with van der Waals surface area (Å²) in [5.74, 6) is 0.494. The van der Waals surface area contributed by atoms with Crippen molar-refractivity contribution in [3.8, 4) is 5.75 Å². The van der Waals surface area contributed by atoms with Crippen LogP contribution in [0.1, 0.15) is 60.6 Å². The number of amides is 1. The van der Waals surface area contributed by atoms with Crippen molar-refractivity contribution in [2.75, 3.05) is 26.3 Å². The van der Waals surface area contributed by atoms with Crippen LogP contribution < -0.4 is 10.1 Å². The molecule has 0 bridgehead atoms. The molecule has 2 aliphatic rings. The fourth-order valence-corrected chi connectivity index (χ4v) is 6.28. The summed E-state index contributed by atoms with van der Waals surface area (Å²) < 4.78 is 39.5. The van der Waals surface area contributed by atoms with Crippen LogP contribution in [0.4, 0.5) is 0 Å². The molecule has 0 aliphatic carbocycles. The van der Waals surface area contributed by atoms with Crippen LogP contribution in [-0.2, 0) is 14.8 Å². The van der Waals surface area contributed by atoms with E-state index in [0.717, 1.165) is 24.2 Å². The number of carbonyl (C=O) groups is 1. The number of hydrogen-bond acceptors (Lipinski definition) is 5. The van der Waals surface area contributed by atoms with Crippen molar-refractivity contribution in [1.82, 2.24) is 9.62 Å². The highest BCUT2D eigenvalue weighted by Gasteiger charge is 2.39. The van der Waals surface area contributed by atoms with Gasteiger partial charge in [-0.15, -0.1) is 0 Å². The minimum atomic E-state index is -3.70. The molecule has 1 fully saturated rings. The Morgan fingerprint density at radius 2 is 1.82 bits per heavy atom. The van der Waals surface area contributed by atoms with Crippen LogP contribution in [0, 0.1) is 6.92 Å². The molecule has 0 unspecified atom stereocenters. The normalized spacial score (nSPS) is 20.5. The minimum absolute atomic E-state index is 0.167. The predicted octanol–water partition coefficient (Wildman–Crippen LogP) is 3.83. The largest absolute Gasteiger partial charge is 0.487 e. The van der Waals surface area contributed by atoms with Gasteiger partial charge in [0.1, 0.15) is 11.4 Å². The first kappa shape index (κ1) is 23.7. The van der Waals surface area contributed by atoms with Gasteiger partial charge in [0, 0.05) is 30.6 Å². The van der Waals surface area contributed by atoms with Gasteiger partial charge in [0.15, 0.2) is 0 Å². The molecule has 2 aromatic rings. The van der Waals surface area contributed by atoms with Gasteiger partial charge in [-0.3, -0.25) is 4.79 Å². The second-order valence-corrected chi connectivity index (χ2v) is 10.7. The lowest BCUT2D eigenvalue weighted by molar-refractivity contribution is 0.0227. The van der Waals surface area contributed by atoms with E-state index in [9.17, 15) is 13.2 Å². The lowest BCUT2D eigenvalue weighted by atomic mass is 9.83. The molecule has 178 valence electrons. The average Bonchev–Trinajstić information content (AvgIpc) is 2.84. The average molecular weight is 473 g/mol. The van der Waals surface area contributed by atoms with Gasteiger partial charge in [-0.05, 0) is 43.5 Å². The molecular formula is C25H32N2O5S. The Hall–Kier alpha value is -2.42. The Kier molecular flexibility index (Phi) is 6.79. The van der Waals surface area contributed by atoms with Crippen molar-refractivity contribution < 1.29 is 22.7 Å². The number of para-hydroxylation sites is 1. The van der Waals surface area contributed by atoms with Crippen LogP contribution >= 0.6 is 0 Å². The highest BCUT2D eigenvalue weighted by atomic mass is 32.2. The second-order valence-electron chi connectivity index (χ2n) is 8.76. The first-order valence-corrected chi connectivity index (χ1v) is 13.0. The highest BCUT2D eigenvalue weighted by Crippen LogP contribution is 2.42. The Morgan fingerprint density at radius 1 is 1.12 bits per heavy atom. The summed E-state index contributed by atoms with van der Waals surface area (Å²) in [6.07, 6.45) is 2.32. The van der Waals surface area contributed by atoms with E-state index in [2.05, 4.69) is 19.2 Å². The monoisotopic (exact) mass is 472 g/mol. The van der Waals surface area contributed by atoms with Gasteiger partial charge in [0.05, 0.1) is 24.2 Å². The van der Waals surface area contributed by atoms with E-state index >= 15 is 0 Å². The number of carbonyl (C=O) groups excluding carboxylic acids is 1. The van der Waals surface area contributed by atoms with Gasteiger partial charge < -0.3 is 14.8 Å². The Bertz CT molecular complexity index is 1120. The van der Waals surface area contributed by atoms with E-state index in [1.165, 1.54) is 10.4 Å². The zero-order valence-electron chi connectivity index (χ0n) is 19.5. The number of fused-ring (bicyclic) bond motifs is 1. The van der Waals surface area contributed by atoms with E-state index in [0.29, 0.717) is 43.9 Å². The molecule has 8 heteroatoms. The van der Waals surface area contributed by atoms with Gasteiger partial charge in [-0.25, -0.2) is 8.42 Å². The maximum Gasteiger partial charge on any atom is 0.251 e. The van der Waals surface area contributed by atoms with Crippen LogP contribution in [0.5, 0.6) is 5.75 Å². The summed E-state index contributed by atoms with van der Waals surface area (Å²) in [6, 6.07) is 12.4. The Balaban J connectivity index is 1.62. The van der Waals surface area contributed by atoms with Crippen LogP contribution in [0.2, 0.25) is 0 Å². The van der Waals surface area contributed by atoms with Crippen LogP contribution in [-0.4, -0.2) is 50.5 Å². The van der Waals surface area contributed by atoms with Gasteiger partial charge in [-0.2, -0.15) is 4.31 Å². The third-order valence-corrected chi connectivity index (χ3v) is 8.87. The topological polar surface area (TPSA) is 84.9 Å². The Morgan fingerprint density at radius 3 is 2.52 bits per heavy atom. The summed E-state index contributed by atoms with van der Waals surface area (Å²) in [6.45, 7) is 7.31. The van der Waals surface area contributed by atoms with E-state index in [-0.39, 0.29) is 22.4 Å². The molecule has 2 aromatic carbocycles. The molecule has 1 atom stereocenters. The first-order chi connectivity index (χ1) is 15.8. The molecule has 0 aromatic heterocycles. The molecule has 1 saturated heterocycles. The fourth-order valence-electron chi connectivity index (χ4n) is 4.62. The SMILES string of the molecule is CCC1(CC)C[C@@H](NC(=O)c2ccc(C)c(S(=O)(=O)N3CCOCC3)c2)c2ccccc2O1. The number of benzene rings is 2. The van der Waals surface area contributed by atoms with Crippen LogP contribution in [0.15, 0.2) is 47.4 Å². The predicted molar refractivity (Wildman–Crippen MR) is 126 cm³/mol. The molecular weight excluding hydrogens is 440 g/mol. The van der Waals surface area contributed by atoms with Crippen molar-refractivity contribution >= 4 is 15.9 Å². The van der Waals surface area contributed by atoms with Gasteiger partial charge >= 0.3 is 0 Å². The second kappa shape index (κ2) is 9.44. The van der Waals surface area contributed by atoms with Crippen LogP contribution in [0.25, 0.3) is 0 Å². The number of aryl methyl sites for hydroxylation is 1. The highest BCUT2D eigenvalue weighted by molar-refractivity contribution is 7.89. The standard InChI is InChI=1S/C25H32N2O5S/c1-4-25(5-2)17-21(20-8-6-7-9-22(20)32-25)26-24(28)19-11-10-18(3)23(16-19)33(29,30)27-12-14-31-15-13-27/h6-11,16,21H,4-5,12-15,17H2,1-3H3,(H,26,28)/t21-/m1/s1. The Labute approximate surface area is 196 Å². The maximum absolute atomic E-state index is 13.3. The molecule has 1 amide bonds. The third kappa shape index (κ3) is 4.65. The van der Waals surface area contributed by atoms with Gasteiger partial charge in [-0.1, -0.05) is 38.1 Å². The van der Waals surface area contributed by atoms with Gasteiger partial charge in [0.2, 0.25) is 10.0 Å². The van der Waals surface area contributed by atoms with Crippen molar-refractivity contribution in [2.24, 2.45) is 0 Å². The van der Waals surface area contributed by atoms with Crippen molar-refractivity contribution in [1.29, 1.82) is 0 Å². The van der Waals surface area contributed by atoms with E-state index in [1.807, 2.05) is 24.3 Å². The number of nitrogens with one attached hydrogen (secondary N) is 1. The lowest BCUT2D eigenvalue weighted by Crippen LogP contribution is -2.44. The zero-order valence-corrected chi connectivity index (χ0v) is 20.3. The van der Waals surface area contributed by atoms with E-state index < -0.39 is 10.0 Å². The zero-order chi connectivity index (χ0) is 23.6. The smallest absolute Gasteiger partial charge is 0.251 e. The summed E-state index contributed by atoms with van der Waals surface area (Å²) in [5, 5.41) is 3.15. The summed E-state index contributed by atoms with van der Waals surface area (Å²) in [7, 11) is -3.70. The molecule has 4 rings (SSSR count). The molecule has 2 heterocycles. The quantitative estimate of drug-likeness (QED) is 0.691. The first-order valence-electron chi connectivity index (χ1n) is 11.6. The molecule has 7 nitrogen and oxygen atoms in total. The minimum Gasteiger partial charge on any atom is -0.487 e. The van der Waals surface area contributed by atoms with Crippen molar-refractivity contribution in [3.05, 3.63) is 59.2 Å². The molecule has 33 heavy (non-hydrogen) atoms. The van der Waals surface area contributed by atoms with Crippen LogP contribution in [0.3, 0.4) is 0 Å². The molecule has 0 radical (unpaired) electrons. The molecule has 0 spiro atoms. The summed E-state index contributed by atoms with van der Waals surface area (Å²) >= 11 is 0. The van der Waals surface area contributed by atoms with E-state index in [4.69, 9.17) is 9.47 Å². The maximum atomic E-state index is 13.3. The third-order valence-electron chi connectivity index (χ3n) is 6.83.